The first-order valence-corrected chi connectivity index (χ1v) is 12.0. The maximum atomic E-state index is 13.1. The van der Waals surface area contributed by atoms with Crippen molar-refractivity contribution in [2.75, 3.05) is 20.2 Å². The smallest absolute Gasteiger partial charge is 0.246 e. The fourth-order valence-electron chi connectivity index (χ4n) is 4.16. The van der Waals surface area contributed by atoms with Gasteiger partial charge in [0.05, 0.1) is 7.11 Å². The van der Waals surface area contributed by atoms with Gasteiger partial charge < -0.3 is 10.1 Å². The Bertz CT molecular complexity index is 877. The molecule has 0 unspecified atom stereocenters. The first kappa shape index (κ1) is 24.4. The number of carbonyl (C=O) groups excluding carboxylic acids is 1. The average molecular weight is 437 g/mol. The topological polar surface area (TPSA) is 75.7 Å². The minimum atomic E-state index is -3.64. The van der Waals surface area contributed by atoms with Gasteiger partial charge in [0.1, 0.15) is 10.6 Å². The molecule has 1 aromatic carbocycles. The summed E-state index contributed by atoms with van der Waals surface area (Å²) in [5.74, 6) is 0.106. The van der Waals surface area contributed by atoms with Crippen LogP contribution in [0.5, 0.6) is 5.75 Å². The predicted molar refractivity (Wildman–Crippen MR) is 121 cm³/mol. The Morgan fingerprint density at radius 1 is 1.13 bits per heavy atom. The van der Waals surface area contributed by atoms with Crippen molar-refractivity contribution in [3.8, 4) is 5.75 Å². The number of hydrogen-bond acceptors (Lipinski definition) is 4. The molecule has 0 aliphatic carbocycles. The van der Waals surface area contributed by atoms with Crippen LogP contribution in [0.25, 0.3) is 6.08 Å². The second kappa shape index (κ2) is 9.52. The second-order valence-corrected chi connectivity index (χ2v) is 11.7. The van der Waals surface area contributed by atoms with Gasteiger partial charge >= 0.3 is 0 Å². The van der Waals surface area contributed by atoms with Gasteiger partial charge in [-0.05, 0) is 62.3 Å². The van der Waals surface area contributed by atoms with E-state index in [2.05, 4.69) is 26.1 Å². The number of hydrogen-bond donors (Lipinski definition) is 1. The number of ether oxygens (including phenoxy) is 1. The molecule has 2 rings (SSSR count). The Morgan fingerprint density at radius 2 is 1.77 bits per heavy atom. The monoisotopic (exact) mass is 436 g/mol. The molecular weight excluding hydrogens is 400 g/mol. The Labute approximate surface area is 181 Å². The summed E-state index contributed by atoms with van der Waals surface area (Å²) in [5.41, 5.74) is 0.381. The summed E-state index contributed by atoms with van der Waals surface area (Å²) >= 11 is 0. The Kier molecular flexibility index (Phi) is 7.74. The first-order valence-electron chi connectivity index (χ1n) is 10.5. The van der Waals surface area contributed by atoms with Gasteiger partial charge in [0.15, 0.2) is 0 Å². The highest BCUT2D eigenvalue weighted by Crippen LogP contribution is 2.30. The van der Waals surface area contributed by atoms with E-state index in [0.29, 0.717) is 24.4 Å². The lowest BCUT2D eigenvalue weighted by atomic mass is 9.82. The predicted octanol–water partition coefficient (Wildman–Crippen LogP) is 4.21. The molecule has 1 amide bonds. The SMILES string of the molecule is COc1ccc(/C=C/C(=O)NC(C)(C)CC(C)(C)C)cc1S(=O)(=O)N1CCCCC1. The van der Waals surface area contributed by atoms with E-state index in [1.807, 2.05) is 13.8 Å². The van der Waals surface area contributed by atoms with Crippen LogP contribution in [0.15, 0.2) is 29.2 Å². The van der Waals surface area contributed by atoms with Gasteiger partial charge in [-0.1, -0.05) is 33.3 Å². The molecule has 1 N–H and O–H groups in total. The normalized spacial score (nSPS) is 16.6. The summed E-state index contributed by atoms with van der Waals surface area (Å²) in [6.07, 6.45) is 6.70. The third-order valence-corrected chi connectivity index (χ3v) is 6.90. The average Bonchev–Trinajstić information content (AvgIpc) is 2.64. The summed E-state index contributed by atoms with van der Waals surface area (Å²) in [6, 6.07) is 4.96. The molecule has 30 heavy (non-hydrogen) atoms. The molecular formula is C23H36N2O4S. The van der Waals surface area contributed by atoms with Crippen LogP contribution in [0.2, 0.25) is 0 Å². The van der Waals surface area contributed by atoms with Gasteiger partial charge in [0.25, 0.3) is 0 Å². The van der Waals surface area contributed by atoms with Gasteiger partial charge in [-0.3, -0.25) is 4.79 Å². The maximum absolute atomic E-state index is 13.1. The molecule has 0 atom stereocenters. The molecule has 6 nitrogen and oxygen atoms in total. The largest absolute Gasteiger partial charge is 0.495 e. The van der Waals surface area contributed by atoms with E-state index in [9.17, 15) is 13.2 Å². The van der Waals surface area contributed by atoms with Crippen molar-refractivity contribution in [3.05, 3.63) is 29.8 Å². The minimum absolute atomic E-state index is 0.0915. The zero-order valence-corrected chi connectivity index (χ0v) is 19.9. The molecule has 1 saturated heterocycles. The van der Waals surface area contributed by atoms with Crippen molar-refractivity contribution in [2.24, 2.45) is 5.41 Å². The zero-order chi connectivity index (χ0) is 22.6. The lowest BCUT2D eigenvalue weighted by Gasteiger charge is -2.32. The number of nitrogens with zero attached hydrogens (tertiary/aromatic N) is 1. The van der Waals surface area contributed by atoms with Crippen molar-refractivity contribution in [3.63, 3.8) is 0 Å². The highest BCUT2D eigenvalue weighted by atomic mass is 32.2. The number of methoxy groups -OCH3 is 1. The summed E-state index contributed by atoms with van der Waals surface area (Å²) in [5, 5.41) is 3.03. The summed E-state index contributed by atoms with van der Waals surface area (Å²) in [7, 11) is -2.18. The summed E-state index contributed by atoms with van der Waals surface area (Å²) in [4.78, 5) is 12.6. The van der Waals surface area contributed by atoms with E-state index in [-0.39, 0.29) is 21.8 Å². The number of amides is 1. The van der Waals surface area contributed by atoms with Gasteiger partial charge in [-0.2, -0.15) is 4.31 Å². The molecule has 1 aliphatic rings. The van der Waals surface area contributed by atoms with Crippen LogP contribution in [0.1, 0.15) is 65.9 Å². The number of rotatable bonds is 7. The molecule has 1 aromatic rings. The van der Waals surface area contributed by atoms with Crippen LogP contribution < -0.4 is 10.1 Å². The van der Waals surface area contributed by atoms with Crippen molar-refractivity contribution in [2.45, 2.75) is 70.7 Å². The number of piperidine rings is 1. The molecule has 0 spiro atoms. The molecule has 0 aromatic heterocycles. The van der Waals surface area contributed by atoms with Gasteiger partial charge in [-0.25, -0.2) is 8.42 Å². The van der Waals surface area contributed by atoms with Gasteiger partial charge in [0, 0.05) is 24.7 Å². The molecule has 1 fully saturated rings. The standard InChI is InChI=1S/C23H36N2O4S/c1-22(2,3)17-23(4,5)24-21(26)13-11-18-10-12-19(29-6)20(16-18)30(27,28)25-14-8-7-9-15-25/h10-13,16H,7-9,14-15,17H2,1-6H3,(H,24,26)/b13-11+. The van der Waals surface area contributed by atoms with Crippen LogP contribution >= 0.6 is 0 Å². The van der Waals surface area contributed by atoms with Gasteiger partial charge in [-0.15, -0.1) is 0 Å². The van der Waals surface area contributed by atoms with Crippen molar-refractivity contribution in [1.82, 2.24) is 9.62 Å². The Balaban J connectivity index is 2.21. The van der Waals surface area contributed by atoms with E-state index in [1.165, 1.54) is 17.5 Å². The first-order chi connectivity index (χ1) is 13.8. The number of nitrogens with one attached hydrogen (secondary N) is 1. The zero-order valence-electron chi connectivity index (χ0n) is 19.1. The third kappa shape index (κ3) is 6.84. The van der Waals surface area contributed by atoms with E-state index in [4.69, 9.17) is 4.74 Å². The fourth-order valence-corrected chi connectivity index (χ4v) is 5.87. The lowest BCUT2D eigenvalue weighted by Crippen LogP contribution is -2.45. The lowest BCUT2D eigenvalue weighted by molar-refractivity contribution is -0.118. The number of benzene rings is 1. The van der Waals surface area contributed by atoms with Crippen molar-refractivity contribution >= 4 is 22.0 Å². The van der Waals surface area contributed by atoms with Crippen molar-refractivity contribution in [1.29, 1.82) is 0 Å². The molecule has 0 radical (unpaired) electrons. The van der Waals surface area contributed by atoms with Crippen LogP contribution in [-0.2, 0) is 14.8 Å². The second-order valence-electron chi connectivity index (χ2n) is 9.82. The van der Waals surface area contributed by atoms with E-state index in [1.54, 1.807) is 24.3 Å². The quantitative estimate of drug-likeness (QED) is 0.650. The van der Waals surface area contributed by atoms with Gasteiger partial charge in [0.2, 0.25) is 15.9 Å². The third-order valence-electron chi connectivity index (χ3n) is 4.98. The van der Waals surface area contributed by atoms with Crippen LogP contribution in [0, 0.1) is 5.41 Å². The molecule has 1 aliphatic heterocycles. The minimum Gasteiger partial charge on any atom is -0.495 e. The summed E-state index contributed by atoms with van der Waals surface area (Å²) in [6.45, 7) is 11.5. The highest BCUT2D eigenvalue weighted by Gasteiger charge is 2.29. The highest BCUT2D eigenvalue weighted by molar-refractivity contribution is 7.89. The molecule has 0 bridgehead atoms. The van der Waals surface area contributed by atoms with E-state index < -0.39 is 10.0 Å². The fraction of sp³-hybridized carbons (Fsp3) is 0.609. The van der Waals surface area contributed by atoms with Crippen molar-refractivity contribution < 1.29 is 17.9 Å². The maximum Gasteiger partial charge on any atom is 0.246 e. The Hall–Kier alpha value is -1.86. The van der Waals surface area contributed by atoms with Crippen LogP contribution in [-0.4, -0.2) is 44.4 Å². The number of carbonyl (C=O) groups is 1. The molecule has 7 heteroatoms. The van der Waals surface area contributed by atoms with E-state index >= 15 is 0 Å². The molecule has 0 saturated carbocycles. The summed E-state index contributed by atoms with van der Waals surface area (Å²) < 4.78 is 33.1. The van der Waals surface area contributed by atoms with E-state index in [0.717, 1.165) is 25.7 Å². The Morgan fingerprint density at radius 3 is 2.33 bits per heavy atom. The molecule has 1 heterocycles. The number of sulfonamides is 1. The van der Waals surface area contributed by atoms with Crippen LogP contribution in [0.3, 0.4) is 0 Å². The van der Waals surface area contributed by atoms with Crippen LogP contribution in [0.4, 0.5) is 0 Å². The molecule has 168 valence electrons.